The Morgan fingerprint density at radius 2 is 1.82 bits per heavy atom. The molecule has 1 N–H and O–H groups in total. The molecule has 7 nitrogen and oxygen atoms in total. The van der Waals surface area contributed by atoms with Crippen molar-refractivity contribution in [2.24, 2.45) is 0 Å². The van der Waals surface area contributed by atoms with Gasteiger partial charge in [0.2, 0.25) is 5.91 Å². The lowest BCUT2D eigenvalue weighted by molar-refractivity contribution is -0.116. The molecule has 0 bridgehead atoms. The second-order valence-electron chi connectivity index (χ2n) is 6.12. The van der Waals surface area contributed by atoms with Crippen molar-refractivity contribution >= 4 is 17.4 Å². The number of methoxy groups -OCH3 is 1. The van der Waals surface area contributed by atoms with E-state index in [0.29, 0.717) is 28.3 Å². The molecule has 1 aromatic heterocycles. The molecule has 2 aromatic carbocycles. The van der Waals surface area contributed by atoms with Gasteiger partial charge in [0.05, 0.1) is 19.1 Å². The molecule has 0 aliphatic heterocycles. The molecule has 3 aromatic rings. The van der Waals surface area contributed by atoms with Gasteiger partial charge in [-0.05, 0) is 43.3 Å². The van der Waals surface area contributed by atoms with Crippen LogP contribution in [-0.2, 0) is 11.3 Å². The van der Waals surface area contributed by atoms with Crippen LogP contribution in [0.15, 0.2) is 65.7 Å². The summed E-state index contributed by atoms with van der Waals surface area (Å²) in [6.07, 6.45) is 1.34. The summed E-state index contributed by atoms with van der Waals surface area (Å²) >= 11 is 0. The van der Waals surface area contributed by atoms with Crippen LogP contribution in [0.3, 0.4) is 0 Å². The average Bonchev–Trinajstić information content (AvgIpc) is 2.70. The van der Waals surface area contributed by atoms with Gasteiger partial charge < -0.3 is 10.1 Å². The number of carbonyl (C=O) groups is 2. The van der Waals surface area contributed by atoms with E-state index in [4.69, 9.17) is 4.74 Å². The van der Waals surface area contributed by atoms with Crippen LogP contribution in [0.25, 0.3) is 11.3 Å². The van der Waals surface area contributed by atoms with Gasteiger partial charge in [0.1, 0.15) is 12.3 Å². The smallest absolute Gasteiger partial charge is 0.254 e. The van der Waals surface area contributed by atoms with Crippen LogP contribution < -0.4 is 15.6 Å². The topological polar surface area (TPSA) is 90.3 Å². The molecule has 0 unspecified atom stereocenters. The molecule has 0 saturated carbocycles. The van der Waals surface area contributed by atoms with Gasteiger partial charge in [0, 0.05) is 22.9 Å². The highest BCUT2D eigenvalue weighted by Gasteiger charge is 2.10. The van der Waals surface area contributed by atoms with Crippen molar-refractivity contribution in [1.29, 1.82) is 0 Å². The predicted octanol–water partition coefficient (Wildman–Crippen LogP) is 2.76. The molecule has 142 valence electrons. The molecular formula is C21H19N3O4. The Kier molecular flexibility index (Phi) is 5.64. The van der Waals surface area contributed by atoms with Crippen molar-refractivity contribution in [2.75, 3.05) is 12.4 Å². The number of anilines is 1. The monoisotopic (exact) mass is 377 g/mol. The van der Waals surface area contributed by atoms with Gasteiger partial charge in [-0.1, -0.05) is 12.1 Å². The second kappa shape index (κ2) is 8.30. The van der Waals surface area contributed by atoms with Gasteiger partial charge in [-0.25, -0.2) is 4.98 Å². The predicted molar refractivity (Wildman–Crippen MR) is 106 cm³/mol. The van der Waals surface area contributed by atoms with Crippen molar-refractivity contribution < 1.29 is 14.3 Å². The van der Waals surface area contributed by atoms with Crippen LogP contribution >= 0.6 is 0 Å². The molecule has 3 rings (SSSR count). The number of ketones is 1. The lowest BCUT2D eigenvalue weighted by atomic mass is 10.1. The summed E-state index contributed by atoms with van der Waals surface area (Å²) in [5.74, 6) is 0.189. The zero-order chi connectivity index (χ0) is 20.1. The first-order valence-electron chi connectivity index (χ1n) is 8.58. The normalized spacial score (nSPS) is 10.4. The molecular weight excluding hydrogens is 358 g/mol. The first kappa shape index (κ1) is 19.0. The number of aromatic nitrogens is 2. The van der Waals surface area contributed by atoms with Crippen LogP contribution in [0.2, 0.25) is 0 Å². The van der Waals surface area contributed by atoms with Crippen molar-refractivity contribution in [1.82, 2.24) is 9.55 Å². The number of ether oxygens (including phenoxy) is 1. The highest BCUT2D eigenvalue weighted by atomic mass is 16.5. The third-order valence-corrected chi connectivity index (χ3v) is 4.15. The maximum absolute atomic E-state index is 12.4. The van der Waals surface area contributed by atoms with Crippen LogP contribution in [0, 0.1) is 0 Å². The van der Waals surface area contributed by atoms with E-state index in [9.17, 15) is 14.4 Å². The summed E-state index contributed by atoms with van der Waals surface area (Å²) in [6, 6.07) is 15.2. The fourth-order valence-corrected chi connectivity index (χ4v) is 2.69. The van der Waals surface area contributed by atoms with E-state index in [0.717, 1.165) is 0 Å². The largest absolute Gasteiger partial charge is 0.496 e. The number of hydrogen-bond acceptors (Lipinski definition) is 5. The Balaban J connectivity index is 1.73. The minimum Gasteiger partial charge on any atom is -0.496 e. The fourth-order valence-electron chi connectivity index (χ4n) is 2.69. The number of hydrogen-bond donors (Lipinski definition) is 1. The standard InChI is InChI=1S/C21H19N3O4/c1-14(25)15-7-9-16(10-8-15)23-20(26)12-24-13-22-18(11-21(24)27)17-5-3-4-6-19(17)28-2/h3-11,13H,12H2,1-2H3,(H,23,26). The number of Topliss-reactive ketones (excluding diaryl/α,β-unsaturated/α-hetero) is 1. The Morgan fingerprint density at radius 1 is 1.11 bits per heavy atom. The van der Waals surface area contributed by atoms with Gasteiger partial charge in [-0.2, -0.15) is 0 Å². The van der Waals surface area contributed by atoms with E-state index in [-0.39, 0.29) is 23.8 Å². The third-order valence-electron chi connectivity index (χ3n) is 4.15. The lowest BCUT2D eigenvalue weighted by Crippen LogP contribution is -2.27. The minimum atomic E-state index is -0.371. The number of amides is 1. The number of carbonyl (C=O) groups excluding carboxylic acids is 2. The Bertz CT molecular complexity index is 1070. The highest BCUT2D eigenvalue weighted by Crippen LogP contribution is 2.26. The van der Waals surface area contributed by atoms with E-state index in [1.807, 2.05) is 18.2 Å². The first-order chi connectivity index (χ1) is 13.5. The summed E-state index contributed by atoms with van der Waals surface area (Å²) in [7, 11) is 1.55. The van der Waals surface area contributed by atoms with Crippen molar-refractivity contribution in [2.45, 2.75) is 13.5 Å². The molecule has 0 aliphatic carbocycles. The summed E-state index contributed by atoms with van der Waals surface area (Å²) in [5.41, 5.74) is 1.92. The number of benzene rings is 2. The van der Waals surface area contributed by atoms with E-state index in [1.54, 1.807) is 37.4 Å². The van der Waals surface area contributed by atoms with Gasteiger partial charge in [-0.3, -0.25) is 19.0 Å². The minimum absolute atomic E-state index is 0.0503. The Labute approximate surface area is 161 Å². The maximum atomic E-state index is 12.4. The lowest BCUT2D eigenvalue weighted by Gasteiger charge is -2.10. The molecule has 0 aliphatic rings. The highest BCUT2D eigenvalue weighted by molar-refractivity contribution is 5.95. The van der Waals surface area contributed by atoms with Gasteiger partial charge in [-0.15, -0.1) is 0 Å². The number of para-hydroxylation sites is 1. The molecule has 1 amide bonds. The van der Waals surface area contributed by atoms with E-state index < -0.39 is 0 Å². The van der Waals surface area contributed by atoms with Crippen molar-refractivity contribution in [3.05, 3.63) is 76.8 Å². The van der Waals surface area contributed by atoms with E-state index >= 15 is 0 Å². The molecule has 0 fully saturated rings. The maximum Gasteiger partial charge on any atom is 0.254 e. The fraction of sp³-hybridized carbons (Fsp3) is 0.143. The number of nitrogens with zero attached hydrogens (tertiary/aromatic N) is 2. The quantitative estimate of drug-likeness (QED) is 0.667. The van der Waals surface area contributed by atoms with Crippen LogP contribution in [0.4, 0.5) is 5.69 Å². The number of nitrogens with one attached hydrogen (secondary N) is 1. The zero-order valence-corrected chi connectivity index (χ0v) is 15.5. The van der Waals surface area contributed by atoms with Crippen molar-refractivity contribution in [3.63, 3.8) is 0 Å². The van der Waals surface area contributed by atoms with Crippen LogP contribution in [0.5, 0.6) is 5.75 Å². The zero-order valence-electron chi connectivity index (χ0n) is 15.5. The summed E-state index contributed by atoms with van der Waals surface area (Å²) in [5, 5.41) is 2.69. The molecule has 0 atom stereocenters. The van der Waals surface area contributed by atoms with Gasteiger partial charge in [0.15, 0.2) is 5.78 Å². The second-order valence-corrected chi connectivity index (χ2v) is 6.12. The Morgan fingerprint density at radius 3 is 2.46 bits per heavy atom. The van der Waals surface area contributed by atoms with E-state index in [2.05, 4.69) is 10.3 Å². The average molecular weight is 377 g/mol. The summed E-state index contributed by atoms with van der Waals surface area (Å²) in [6.45, 7) is 1.30. The molecule has 0 spiro atoms. The van der Waals surface area contributed by atoms with Crippen molar-refractivity contribution in [3.8, 4) is 17.0 Å². The molecule has 0 saturated heterocycles. The molecule has 0 radical (unpaired) electrons. The van der Waals surface area contributed by atoms with E-state index in [1.165, 1.54) is 23.9 Å². The molecule has 28 heavy (non-hydrogen) atoms. The first-order valence-corrected chi connectivity index (χ1v) is 8.58. The Hall–Kier alpha value is -3.74. The van der Waals surface area contributed by atoms with Crippen LogP contribution in [0.1, 0.15) is 17.3 Å². The molecule has 7 heteroatoms. The SMILES string of the molecule is COc1ccccc1-c1cc(=O)n(CC(=O)Nc2ccc(C(C)=O)cc2)cn1. The third kappa shape index (κ3) is 4.32. The van der Waals surface area contributed by atoms with Gasteiger partial charge >= 0.3 is 0 Å². The van der Waals surface area contributed by atoms with Gasteiger partial charge in [0.25, 0.3) is 5.56 Å². The number of rotatable bonds is 6. The summed E-state index contributed by atoms with van der Waals surface area (Å²) in [4.78, 5) is 40.2. The molecule has 1 heterocycles. The van der Waals surface area contributed by atoms with Crippen LogP contribution in [-0.4, -0.2) is 28.4 Å². The summed E-state index contributed by atoms with van der Waals surface area (Å²) < 4.78 is 6.51.